The molecule has 1 aromatic carbocycles. The number of carbonyl (C=O) groups is 2. The fourth-order valence-electron chi connectivity index (χ4n) is 1.66. The lowest BCUT2D eigenvalue weighted by Crippen LogP contribution is -2.45. The van der Waals surface area contributed by atoms with E-state index in [4.69, 9.17) is 0 Å². The first-order valence-corrected chi connectivity index (χ1v) is 8.50. The van der Waals surface area contributed by atoms with Crippen molar-refractivity contribution in [1.29, 1.82) is 0 Å². The number of H-pyrrole nitrogens is 1. The summed E-state index contributed by atoms with van der Waals surface area (Å²) in [7, 11) is 0. The second-order valence-electron chi connectivity index (χ2n) is 4.61. The molecule has 1 atom stereocenters. The van der Waals surface area contributed by atoms with Crippen LogP contribution in [-0.4, -0.2) is 22.0 Å². The Morgan fingerprint density at radius 2 is 2.00 bits per heavy atom. The SMILES string of the molecule is C[C@H](SCc1ccccc1)C(=O)NNC(=O)c1cc(Br)c[nH]1. The highest BCUT2D eigenvalue weighted by Gasteiger charge is 2.15. The second kappa shape index (κ2) is 8.05. The molecule has 3 N–H and O–H groups in total. The lowest BCUT2D eigenvalue weighted by molar-refractivity contribution is -0.121. The van der Waals surface area contributed by atoms with Crippen LogP contribution in [-0.2, 0) is 10.5 Å². The third-order valence-electron chi connectivity index (χ3n) is 2.90. The second-order valence-corrected chi connectivity index (χ2v) is 6.86. The molecule has 0 radical (unpaired) electrons. The Morgan fingerprint density at radius 3 is 2.64 bits per heavy atom. The Hall–Kier alpha value is -1.73. The van der Waals surface area contributed by atoms with Crippen LogP contribution < -0.4 is 10.9 Å². The van der Waals surface area contributed by atoms with Gasteiger partial charge < -0.3 is 4.98 Å². The highest BCUT2D eigenvalue weighted by atomic mass is 79.9. The minimum absolute atomic E-state index is 0.236. The third-order valence-corrected chi connectivity index (χ3v) is 4.58. The highest BCUT2D eigenvalue weighted by Crippen LogP contribution is 2.17. The van der Waals surface area contributed by atoms with Gasteiger partial charge in [-0.15, -0.1) is 11.8 Å². The van der Waals surface area contributed by atoms with Gasteiger partial charge in [0.25, 0.3) is 11.8 Å². The van der Waals surface area contributed by atoms with Gasteiger partial charge in [0.15, 0.2) is 0 Å². The zero-order valence-electron chi connectivity index (χ0n) is 11.9. The number of halogens is 1. The number of amides is 2. The van der Waals surface area contributed by atoms with Crippen LogP contribution >= 0.6 is 27.7 Å². The van der Waals surface area contributed by atoms with Crippen LogP contribution in [0, 0.1) is 0 Å². The minimum atomic E-state index is -0.390. The Bertz CT molecular complexity index is 645. The molecule has 7 heteroatoms. The van der Waals surface area contributed by atoms with E-state index in [9.17, 15) is 9.59 Å². The van der Waals surface area contributed by atoms with E-state index in [2.05, 4.69) is 31.8 Å². The van der Waals surface area contributed by atoms with Gasteiger partial charge >= 0.3 is 0 Å². The zero-order valence-corrected chi connectivity index (χ0v) is 14.3. The van der Waals surface area contributed by atoms with Crippen molar-refractivity contribution >= 4 is 39.5 Å². The Labute approximate surface area is 141 Å². The van der Waals surface area contributed by atoms with Crippen LogP contribution in [0.4, 0.5) is 0 Å². The summed E-state index contributed by atoms with van der Waals surface area (Å²) in [5.41, 5.74) is 6.35. The third kappa shape index (κ3) is 4.92. The molecule has 0 unspecified atom stereocenters. The number of hydrogen-bond donors (Lipinski definition) is 3. The molecule has 2 aromatic rings. The van der Waals surface area contributed by atoms with E-state index in [0.29, 0.717) is 5.69 Å². The Morgan fingerprint density at radius 1 is 1.27 bits per heavy atom. The van der Waals surface area contributed by atoms with E-state index >= 15 is 0 Å². The van der Waals surface area contributed by atoms with Crippen LogP contribution in [0.5, 0.6) is 0 Å². The number of rotatable bonds is 5. The van der Waals surface area contributed by atoms with Crippen molar-refractivity contribution in [1.82, 2.24) is 15.8 Å². The van der Waals surface area contributed by atoms with Gasteiger partial charge in [0.2, 0.25) is 0 Å². The molecule has 0 spiro atoms. The van der Waals surface area contributed by atoms with Gasteiger partial charge in [0, 0.05) is 16.4 Å². The number of aromatic nitrogens is 1. The molecule has 0 aliphatic rings. The predicted octanol–water partition coefficient (Wildman–Crippen LogP) is 2.86. The van der Waals surface area contributed by atoms with E-state index in [1.807, 2.05) is 30.3 Å². The normalized spacial score (nSPS) is 11.7. The molecule has 1 aromatic heterocycles. The average Bonchev–Trinajstić information content (AvgIpc) is 2.97. The van der Waals surface area contributed by atoms with Crippen LogP contribution in [0.2, 0.25) is 0 Å². The van der Waals surface area contributed by atoms with Gasteiger partial charge in [-0.1, -0.05) is 30.3 Å². The number of aromatic amines is 1. The fourth-order valence-corrected chi connectivity index (χ4v) is 2.85. The van der Waals surface area contributed by atoms with Crippen molar-refractivity contribution in [3.63, 3.8) is 0 Å². The summed E-state index contributed by atoms with van der Waals surface area (Å²) in [6.45, 7) is 1.81. The van der Waals surface area contributed by atoms with E-state index in [-0.39, 0.29) is 17.1 Å². The monoisotopic (exact) mass is 381 g/mol. The molecule has 0 fully saturated rings. The molecule has 0 saturated heterocycles. The summed E-state index contributed by atoms with van der Waals surface area (Å²) in [4.78, 5) is 26.5. The van der Waals surface area contributed by atoms with E-state index in [1.165, 1.54) is 11.8 Å². The first-order chi connectivity index (χ1) is 10.6. The van der Waals surface area contributed by atoms with Crippen molar-refractivity contribution in [2.45, 2.75) is 17.9 Å². The van der Waals surface area contributed by atoms with Crippen molar-refractivity contribution in [2.75, 3.05) is 0 Å². The standard InChI is InChI=1S/C15H16BrN3O2S/c1-10(22-9-11-5-3-2-4-6-11)14(20)18-19-15(21)13-7-12(16)8-17-13/h2-8,10,17H,9H2,1H3,(H,18,20)(H,19,21)/t10-/m0/s1. The molecule has 5 nitrogen and oxygen atoms in total. The molecule has 0 bridgehead atoms. The van der Waals surface area contributed by atoms with Crippen molar-refractivity contribution in [3.05, 3.63) is 58.3 Å². The molecule has 0 aliphatic heterocycles. The van der Waals surface area contributed by atoms with Crippen LogP contribution in [0.1, 0.15) is 23.0 Å². The molecule has 116 valence electrons. The summed E-state index contributed by atoms with van der Waals surface area (Å²) < 4.78 is 0.774. The average molecular weight is 382 g/mol. The zero-order chi connectivity index (χ0) is 15.9. The van der Waals surface area contributed by atoms with Gasteiger partial charge in [-0.25, -0.2) is 0 Å². The molecule has 22 heavy (non-hydrogen) atoms. The first kappa shape index (κ1) is 16.6. The van der Waals surface area contributed by atoms with Gasteiger partial charge in [-0.2, -0.15) is 0 Å². The van der Waals surface area contributed by atoms with Crippen molar-refractivity contribution < 1.29 is 9.59 Å². The summed E-state index contributed by atoms with van der Waals surface area (Å²) in [5.74, 6) is 0.117. The maximum absolute atomic E-state index is 11.9. The quantitative estimate of drug-likeness (QED) is 0.697. The highest BCUT2D eigenvalue weighted by molar-refractivity contribution is 9.10. The molecule has 2 amide bonds. The van der Waals surface area contributed by atoms with Crippen LogP contribution in [0.25, 0.3) is 0 Å². The Kier molecular flexibility index (Phi) is 6.09. The van der Waals surface area contributed by atoms with E-state index in [0.717, 1.165) is 15.8 Å². The largest absolute Gasteiger partial charge is 0.356 e. The number of hydrazine groups is 1. The summed E-state index contributed by atoms with van der Waals surface area (Å²) in [6, 6.07) is 11.6. The molecule has 0 saturated carbocycles. The summed E-state index contributed by atoms with van der Waals surface area (Å²) in [6.07, 6.45) is 1.65. The van der Waals surface area contributed by atoms with Gasteiger partial charge in [-0.05, 0) is 34.5 Å². The first-order valence-electron chi connectivity index (χ1n) is 6.66. The number of thioether (sulfide) groups is 1. The summed E-state index contributed by atoms with van der Waals surface area (Å²) >= 11 is 4.76. The topological polar surface area (TPSA) is 74.0 Å². The van der Waals surface area contributed by atoms with Gasteiger partial charge in [0.05, 0.1) is 5.25 Å². The van der Waals surface area contributed by atoms with Crippen LogP contribution in [0.15, 0.2) is 47.1 Å². The lowest BCUT2D eigenvalue weighted by Gasteiger charge is -2.12. The smallest absolute Gasteiger partial charge is 0.286 e. The van der Waals surface area contributed by atoms with Crippen molar-refractivity contribution in [2.24, 2.45) is 0 Å². The van der Waals surface area contributed by atoms with E-state index in [1.54, 1.807) is 19.2 Å². The molecule has 2 rings (SSSR count). The Balaban J connectivity index is 1.75. The summed E-state index contributed by atoms with van der Waals surface area (Å²) in [5, 5.41) is -0.268. The maximum atomic E-state index is 11.9. The molecule has 0 aliphatic carbocycles. The lowest BCUT2D eigenvalue weighted by atomic mass is 10.2. The molecule has 1 heterocycles. The van der Waals surface area contributed by atoms with Crippen LogP contribution in [0.3, 0.4) is 0 Å². The van der Waals surface area contributed by atoms with E-state index < -0.39 is 0 Å². The predicted molar refractivity (Wildman–Crippen MR) is 91.3 cm³/mol. The molecular weight excluding hydrogens is 366 g/mol. The van der Waals surface area contributed by atoms with Crippen molar-refractivity contribution in [3.8, 4) is 0 Å². The maximum Gasteiger partial charge on any atom is 0.286 e. The number of hydrogen-bond acceptors (Lipinski definition) is 3. The number of nitrogens with one attached hydrogen (secondary N) is 3. The minimum Gasteiger partial charge on any atom is -0.356 e. The van der Waals surface area contributed by atoms with Gasteiger partial charge in [-0.3, -0.25) is 20.4 Å². The fraction of sp³-hybridized carbons (Fsp3) is 0.200. The van der Waals surface area contributed by atoms with Gasteiger partial charge in [0.1, 0.15) is 5.69 Å². The number of carbonyl (C=O) groups excluding carboxylic acids is 2. The molecular formula is C15H16BrN3O2S. The number of benzene rings is 1.